The maximum absolute atomic E-state index is 14.3. The van der Waals surface area contributed by atoms with Gasteiger partial charge in [-0.3, -0.25) is 9.20 Å². The summed E-state index contributed by atoms with van der Waals surface area (Å²) >= 11 is 0. The number of pyridine rings is 1. The number of benzene rings is 3. The Labute approximate surface area is 291 Å². The van der Waals surface area contributed by atoms with Gasteiger partial charge in [0.2, 0.25) is 5.95 Å². The molecule has 1 spiro atoms. The van der Waals surface area contributed by atoms with E-state index in [0.29, 0.717) is 53.0 Å². The first-order valence-electron chi connectivity index (χ1n) is 16.5. The molecule has 11 nitrogen and oxygen atoms in total. The van der Waals surface area contributed by atoms with E-state index in [0.717, 1.165) is 49.4 Å². The second-order valence-corrected chi connectivity index (χ2v) is 12.9. The van der Waals surface area contributed by atoms with E-state index in [1.54, 1.807) is 30.5 Å². The smallest absolute Gasteiger partial charge is 0.407 e. The Kier molecular flexibility index (Phi) is 8.01. The van der Waals surface area contributed by atoms with Gasteiger partial charge in [-0.2, -0.15) is 0 Å². The lowest BCUT2D eigenvalue weighted by molar-refractivity contribution is 0.101. The Bertz CT molecular complexity index is 2280. The van der Waals surface area contributed by atoms with Crippen molar-refractivity contribution in [2.24, 2.45) is 5.41 Å². The summed E-state index contributed by atoms with van der Waals surface area (Å²) in [5, 5.41) is 15.3. The zero-order valence-electron chi connectivity index (χ0n) is 27.3. The van der Waals surface area contributed by atoms with Gasteiger partial charge in [0.05, 0.1) is 17.1 Å². The van der Waals surface area contributed by atoms with Crippen LogP contribution < -0.4 is 15.5 Å². The maximum Gasteiger partial charge on any atom is 0.407 e. The van der Waals surface area contributed by atoms with Crippen molar-refractivity contribution in [1.82, 2.24) is 24.3 Å². The van der Waals surface area contributed by atoms with E-state index in [-0.39, 0.29) is 5.41 Å². The monoisotopic (exact) mass is 686 g/mol. The third kappa shape index (κ3) is 6.18. The Morgan fingerprint density at radius 1 is 0.824 bits per heavy atom. The van der Waals surface area contributed by atoms with Gasteiger partial charge in [0, 0.05) is 66.6 Å². The standard InChI is InChI=1S/C38H32F2N8O3/c39-28-7-4-8-29(40)32(28)35(49)42-26-6-3-5-24(21-26)33-34(48-18-2-1-9-31(48)45-33)30-14-17-41-36(44-30)43-25-10-12-27(13-11-25)46-19-15-38(22-46)16-20-47(23-38)37(50)51/h1-14,17-18,21H,15-16,19-20,22-23H2,(H,42,49)(H,50,51)(H,41,43,44). The van der Waals surface area contributed by atoms with E-state index >= 15 is 0 Å². The van der Waals surface area contributed by atoms with E-state index in [2.05, 4.69) is 20.5 Å². The molecule has 2 fully saturated rings. The number of nitrogens with one attached hydrogen (secondary N) is 2. The minimum atomic E-state index is -0.949. The highest BCUT2D eigenvalue weighted by atomic mass is 19.1. The molecule has 0 saturated carbocycles. The molecule has 2 aliphatic rings. The van der Waals surface area contributed by atoms with Crippen molar-refractivity contribution in [1.29, 1.82) is 0 Å². The van der Waals surface area contributed by atoms with Crippen LogP contribution in [0.15, 0.2) is 103 Å². The van der Waals surface area contributed by atoms with E-state index in [1.807, 2.05) is 59.1 Å². The number of likely N-dealkylation sites (tertiary alicyclic amines) is 1. The highest BCUT2D eigenvalue weighted by Crippen LogP contribution is 2.41. The van der Waals surface area contributed by atoms with E-state index < -0.39 is 29.2 Å². The van der Waals surface area contributed by atoms with Gasteiger partial charge in [-0.1, -0.05) is 24.3 Å². The molecule has 3 aromatic carbocycles. The van der Waals surface area contributed by atoms with Crippen molar-refractivity contribution in [3.63, 3.8) is 0 Å². The number of amides is 2. The van der Waals surface area contributed by atoms with Crippen molar-refractivity contribution in [3.05, 3.63) is 121 Å². The summed E-state index contributed by atoms with van der Waals surface area (Å²) in [5.41, 5.74) is 4.76. The van der Waals surface area contributed by atoms with Crippen LogP contribution >= 0.6 is 0 Å². The number of aromatic nitrogens is 4. The van der Waals surface area contributed by atoms with Crippen molar-refractivity contribution >= 4 is 40.7 Å². The normalized spacial score (nSPS) is 17.0. The first-order valence-corrected chi connectivity index (χ1v) is 16.5. The van der Waals surface area contributed by atoms with E-state index in [1.165, 1.54) is 11.0 Å². The van der Waals surface area contributed by atoms with Crippen LogP contribution in [0.4, 0.5) is 36.6 Å². The van der Waals surface area contributed by atoms with Gasteiger partial charge in [-0.15, -0.1) is 0 Å². The first kappa shape index (κ1) is 31.9. The average molecular weight is 687 g/mol. The van der Waals surface area contributed by atoms with E-state index in [4.69, 9.17) is 9.97 Å². The summed E-state index contributed by atoms with van der Waals surface area (Å²) in [6.07, 6.45) is 4.55. The summed E-state index contributed by atoms with van der Waals surface area (Å²) < 4.78 is 30.5. The Morgan fingerprint density at radius 3 is 2.39 bits per heavy atom. The minimum absolute atomic E-state index is 0.0104. The second kappa shape index (κ2) is 12.8. The van der Waals surface area contributed by atoms with Gasteiger partial charge < -0.3 is 25.5 Å². The number of nitrogens with zero attached hydrogens (tertiary/aromatic N) is 6. The van der Waals surface area contributed by atoms with Crippen LogP contribution in [0.25, 0.3) is 28.3 Å². The molecular weight excluding hydrogens is 654 g/mol. The predicted octanol–water partition coefficient (Wildman–Crippen LogP) is 7.31. The third-order valence-corrected chi connectivity index (χ3v) is 9.65. The fourth-order valence-corrected chi connectivity index (χ4v) is 7.12. The molecule has 2 amide bonds. The number of anilines is 4. The molecule has 13 heteroatoms. The average Bonchev–Trinajstić information content (AvgIpc) is 3.86. The molecule has 51 heavy (non-hydrogen) atoms. The Morgan fingerprint density at radius 2 is 1.61 bits per heavy atom. The molecular formula is C38H32F2N8O3. The number of imidazole rings is 1. The topological polar surface area (TPSA) is 128 Å². The number of rotatable bonds is 7. The van der Waals surface area contributed by atoms with Crippen molar-refractivity contribution in [3.8, 4) is 22.6 Å². The molecule has 256 valence electrons. The quantitative estimate of drug-likeness (QED) is 0.160. The first-order chi connectivity index (χ1) is 24.7. The van der Waals surface area contributed by atoms with Gasteiger partial charge in [-0.25, -0.2) is 28.5 Å². The molecule has 0 radical (unpaired) electrons. The van der Waals surface area contributed by atoms with Gasteiger partial charge >= 0.3 is 6.09 Å². The number of hydrogen-bond donors (Lipinski definition) is 3. The number of fused-ring (bicyclic) bond motifs is 1. The van der Waals surface area contributed by atoms with Gasteiger partial charge in [0.25, 0.3) is 5.91 Å². The number of carbonyl (C=O) groups is 2. The van der Waals surface area contributed by atoms with Crippen LogP contribution in [0, 0.1) is 17.0 Å². The number of hydrogen-bond acceptors (Lipinski definition) is 7. The molecule has 0 bridgehead atoms. The molecule has 2 saturated heterocycles. The van der Waals surface area contributed by atoms with Crippen LogP contribution in [0.2, 0.25) is 0 Å². The number of carboxylic acid groups (broad SMARTS) is 1. The van der Waals surface area contributed by atoms with Gasteiger partial charge in [-0.05, 0) is 79.6 Å². The van der Waals surface area contributed by atoms with Crippen LogP contribution in [0.5, 0.6) is 0 Å². The SMILES string of the molecule is O=C(Nc1cccc(-c2nc3ccccn3c2-c2ccnc(Nc3ccc(N4CCC5(CCN(C(=O)O)C5)C4)cc3)n2)c1)c1c(F)cccc1F. The summed E-state index contributed by atoms with van der Waals surface area (Å²) in [4.78, 5) is 42.3. The number of carbonyl (C=O) groups excluding carboxylic acids is 1. The largest absolute Gasteiger partial charge is 0.465 e. The molecule has 3 N–H and O–H groups in total. The number of halogens is 2. The van der Waals surface area contributed by atoms with Crippen LogP contribution in [-0.4, -0.2) is 67.5 Å². The highest BCUT2D eigenvalue weighted by Gasteiger charge is 2.44. The van der Waals surface area contributed by atoms with Gasteiger partial charge in [0.1, 0.15) is 22.8 Å². The minimum Gasteiger partial charge on any atom is -0.465 e. The molecule has 3 aromatic heterocycles. The van der Waals surface area contributed by atoms with Crippen LogP contribution in [0.1, 0.15) is 23.2 Å². The molecule has 1 atom stereocenters. The Balaban J connectivity index is 1.04. The molecule has 6 aromatic rings. The van der Waals surface area contributed by atoms with Crippen LogP contribution in [-0.2, 0) is 0 Å². The van der Waals surface area contributed by atoms with E-state index in [9.17, 15) is 23.5 Å². The summed E-state index contributed by atoms with van der Waals surface area (Å²) in [5.74, 6) is -2.42. The van der Waals surface area contributed by atoms with Crippen molar-refractivity contribution in [2.75, 3.05) is 41.7 Å². The molecule has 2 aliphatic heterocycles. The van der Waals surface area contributed by atoms with Crippen molar-refractivity contribution in [2.45, 2.75) is 12.8 Å². The predicted molar refractivity (Wildman–Crippen MR) is 189 cm³/mol. The molecule has 8 rings (SSSR count). The lowest BCUT2D eigenvalue weighted by atomic mass is 9.86. The fraction of sp³-hybridized carbons (Fsp3) is 0.184. The molecule has 5 heterocycles. The van der Waals surface area contributed by atoms with Crippen molar-refractivity contribution < 1.29 is 23.5 Å². The summed E-state index contributed by atoms with van der Waals surface area (Å²) in [6.45, 7) is 2.88. The lowest BCUT2D eigenvalue weighted by Gasteiger charge is -2.25. The zero-order chi connectivity index (χ0) is 35.1. The lowest BCUT2D eigenvalue weighted by Crippen LogP contribution is -2.33. The zero-order valence-corrected chi connectivity index (χ0v) is 27.3. The Hall–Kier alpha value is -6.37. The summed E-state index contributed by atoms with van der Waals surface area (Å²) in [7, 11) is 0. The van der Waals surface area contributed by atoms with Crippen LogP contribution in [0.3, 0.4) is 0 Å². The molecule has 1 unspecified atom stereocenters. The second-order valence-electron chi connectivity index (χ2n) is 12.9. The molecule has 0 aliphatic carbocycles. The maximum atomic E-state index is 14.3. The highest BCUT2D eigenvalue weighted by molar-refractivity contribution is 6.05. The van der Waals surface area contributed by atoms with Gasteiger partial charge in [0.15, 0.2) is 0 Å². The fourth-order valence-electron chi connectivity index (χ4n) is 7.12. The summed E-state index contributed by atoms with van der Waals surface area (Å²) in [6, 6.07) is 25.7. The third-order valence-electron chi connectivity index (χ3n) is 9.65.